The van der Waals surface area contributed by atoms with Crippen molar-refractivity contribution in [2.45, 2.75) is 37.5 Å². The van der Waals surface area contributed by atoms with Gasteiger partial charge in [-0.2, -0.15) is 0 Å². The van der Waals surface area contributed by atoms with Gasteiger partial charge in [0.1, 0.15) is 0 Å². The van der Waals surface area contributed by atoms with Crippen LogP contribution in [0.5, 0.6) is 0 Å². The first kappa shape index (κ1) is 12.8. The van der Waals surface area contributed by atoms with Crippen LogP contribution in [0.25, 0.3) is 0 Å². The molecule has 0 radical (unpaired) electrons. The lowest BCUT2D eigenvalue weighted by molar-refractivity contribution is -0.127. The highest BCUT2D eigenvalue weighted by Crippen LogP contribution is 2.36. The fraction of sp³-hybridized carbons (Fsp3) is 0.571. The molecule has 0 spiro atoms. The van der Waals surface area contributed by atoms with E-state index in [1.165, 1.54) is 6.42 Å². The van der Waals surface area contributed by atoms with Crippen LogP contribution in [0.3, 0.4) is 0 Å². The molecule has 102 valence electrons. The van der Waals surface area contributed by atoms with Gasteiger partial charge in [-0.3, -0.25) is 9.59 Å². The van der Waals surface area contributed by atoms with Gasteiger partial charge in [0.25, 0.3) is 0 Å². The standard InChI is InChI=1S/C14H18N2O2S/c17-10-4-5-11-12(8-10)19-13(16-11)6-7-15-14(18)9-2-1-3-9/h4-5,9,13,16H,1-3,6-8H2,(H,15,18). The van der Waals surface area contributed by atoms with E-state index in [0.717, 1.165) is 29.9 Å². The second kappa shape index (κ2) is 5.41. The molecule has 2 aliphatic carbocycles. The molecule has 19 heavy (non-hydrogen) atoms. The molecule has 1 heterocycles. The number of hydrogen-bond donors (Lipinski definition) is 2. The van der Waals surface area contributed by atoms with Crippen molar-refractivity contribution < 1.29 is 9.59 Å². The maximum Gasteiger partial charge on any atom is 0.223 e. The van der Waals surface area contributed by atoms with Crippen molar-refractivity contribution in [2.24, 2.45) is 5.92 Å². The van der Waals surface area contributed by atoms with Crippen molar-refractivity contribution >= 4 is 23.5 Å². The van der Waals surface area contributed by atoms with E-state index in [1.54, 1.807) is 17.8 Å². The molecule has 1 unspecified atom stereocenters. The number of hydrogen-bond acceptors (Lipinski definition) is 4. The predicted molar refractivity (Wildman–Crippen MR) is 75.3 cm³/mol. The van der Waals surface area contributed by atoms with Crippen molar-refractivity contribution in [1.82, 2.24) is 10.6 Å². The summed E-state index contributed by atoms with van der Waals surface area (Å²) in [6, 6.07) is 0. The third-order valence-electron chi connectivity index (χ3n) is 3.85. The molecular weight excluding hydrogens is 260 g/mol. The number of nitrogens with one attached hydrogen (secondary N) is 2. The van der Waals surface area contributed by atoms with Gasteiger partial charge in [-0.25, -0.2) is 0 Å². The summed E-state index contributed by atoms with van der Waals surface area (Å²) in [5.74, 6) is 0.644. The lowest BCUT2D eigenvalue weighted by atomic mass is 9.85. The van der Waals surface area contributed by atoms with Gasteiger partial charge in [0, 0.05) is 29.5 Å². The van der Waals surface area contributed by atoms with E-state index in [2.05, 4.69) is 10.6 Å². The smallest absolute Gasteiger partial charge is 0.223 e. The molecule has 3 rings (SSSR count). The minimum absolute atomic E-state index is 0.173. The second-order valence-electron chi connectivity index (χ2n) is 5.27. The zero-order chi connectivity index (χ0) is 13.2. The fourth-order valence-corrected chi connectivity index (χ4v) is 3.71. The molecule has 0 aromatic rings. The van der Waals surface area contributed by atoms with Gasteiger partial charge in [-0.05, 0) is 31.4 Å². The number of carbonyl (C=O) groups is 2. The molecule has 1 atom stereocenters. The lowest BCUT2D eigenvalue weighted by Gasteiger charge is -2.24. The van der Waals surface area contributed by atoms with Crippen LogP contribution in [-0.2, 0) is 9.59 Å². The molecule has 3 aliphatic rings. The minimum Gasteiger partial charge on any atom is -0.372 e. The van der Waals surface area contributed by atoms with Crippen molar-refractivity contribution in [1.29, 1.82) is 0 Å². The van der Waals surface area contributed by atoms with Gasteiger partial charge in [0.15, 0.2) is 5.78 Å². The first-order valence-electron chi connectivity index (χ1n) is 6.87. The summed E-state index contributed by atoms with van der Waals surface area (Å²) in [7, 11) is 0. The maximum atomic E-state index is 11.7. The van der Waals surface area contributed by atoms with E-state index < -0.39 is 0 Å². The first-order valence-corrected chi connectivity index (χ1v) is 7.75. The normalized spacial score (nSPS) is 25.9. The molecule has 0 bridgehead atoms. The Morgan fingerprint density at radius 1 is 1.42 bits per heavy atom. The highest BCUT2D eigenvalue weighted by atomic mass is 32.2. The molecule has 4 nitrogen and oxygen atoms in total. The Labute approximate surface area is 117 Å². The Morgan fingerprint density at radius 2 is 2.26 bits per heavy atom. The Hall–Kier alpha value is -1.23. The van der Waals surface area contributed by atoms with Crippen LogP contribution in [-0.4, -0.2) is 23.6 Å². The average Bonchev–Trinajstić information content (AvgIpc) is 2.68. The maximum absolute atomic E-state index is 11.7. The van der Waals surface area contributed by atoms with Gasteiger partial charge < -0.3 is 10.6 Å². The number of thioether (sulfide) groups is 1. The fourth-order valence-electron chi connectivity index (χ4n) is 2.46. The molecule has 0 aromatic heterocycles. The number of rotatable bonds is 4. The predicted octanol–water partition coefficient (Wildman–Crippen LogP) is 1.70. The van der Waals surface area contributed by atoms with Crippen molar-refractivity contribution in [3.8, 4) is 0 Å². The molecule has 1 aliphatic heterocycles. The third-order valence-corrected chi connectivity index (χ3v) is 5.14. The largest absolute Gasteiger partial charge is 0.372 e. The number of ketones is 1. The SMILES string of the molecule is O=C1C=CC2=C(C1)SC(CCNC(=O)C1CCC1)N2. The van der Waals surface area contributed by atoms with Crippen LogP contribution in [0, 0.1) is 5.92 Å². The van der Waals surface area contributed by atoms with E-state index >= 15 is 0 Å². The lowest BCUT2D eigenvalue weighted by Crippen LogP contribution is -2.36. The van der Waals surface area contributed by atoms with Crippen LogP contribution in [0.2, 0.25) is 0 Å². The quantitative estimate of drug-likeness (QED) is 0.822. The highest BCUT2D eigenvalue weighted by molar-refractivity contribution is 8.03. The minimum atomic E-state index is 0.173. The Kier molecular flexibility index (Phi) is 3.64. The number of carbonyl (C=O) groups excluding carboxylic acids is 2. The van der Waals surface area contributed by atoms with Crippen LogP contribution >= 0.6 is 11.8 Å². The van der Waals surface area contributed by atoms with Gasteiger partial charge in [0.05, 0.1) is 5.37 Å². The van der Waals surface area contributed by atoms with Crippen LogP contribution in [0.4, 0.5) is 0 Å². The van der Waals surface area contributed by atoms with E-state index in [0.29, 0.717) is 13.0 Å². The monoisotopic (exact) mass is 278 g/mol. The summed E-state index contributed by atoms with van der Waals surface area (Å²) < 4.78 is 0. The number of amides is 1. The Balaban J connectivity index is 1.40. The first-order chi connectivity index (χ1) is 9.22. The summed E-state index contributed by atoms with van der Waals surface area (Å²) in [6.45, 7) is 0.707. The topological polar surface area (TPSA) is 58.2 Å². The van der Waals surface area contributed by atoms with Crippen molar-refractivity contribution in [2.75, 3.05) is 6.54 Å². The summed E-state index contributed by atoms with van der Waals surface area (Å²) >= 11 is 1.72. The molecule has 1 fully saturated rings. The second-order valence-corrected chi connectivity index (χ2v) is 6.57. The van der Waals surface area contributed by atoms with Gasteiger partial charge >= 0.3 is 0 Å². The van der Waals surface area contributed by atoms with E-state index in [-0.39, 0.29) is 23.0 Å². The highest BCUT2D eigenvalue weighted by Gasteiger charge is 2.27. The third kappa shape index (κ3) is 2.86. The van der Waals surface area contributed by atoms with Gasteiger partial charge in [-0.1, -0.05) is 6.42 Å². The van der Waals surface area contributed by atoms with E-state index in [9.17, 15) is 9.59 Å². The zero-order valence-corrected chi connectivity index (χ0v) is 11.6. The Bertz CT molecular complexity index is 466. The van der Waals surface area contributed by atoms with Gasteiger partial charge in [-0.15, -0.1) is 11.8 Å². The van der Waals surface area contributed by atoms with Crippen molar-refractivity contribution in [3.63, 3.8) is 0 Å². The molecule has 1 saturated carbocycles. The Morgan fingerprint density at radius 3 is 3.00 bits per heavy atom. The van der Waals surface area contributed by atoms with Crippen LogP contribution in [0.15, 0.2) is 22.8 Å². The van der Waals surface area contributed by atoms with Crippen LogP contribution in [0.1, 0.15) is 32.1 Å². The van der Waals surface area contributed by atoms with Gasteiger partial charge in [0.2, 0.25) is 5.91 Å². The molecular formula is C14H18N2O2S. The molecule has 1 amide bonds. The van der Waals surface area contributed by atoms with E-state index in [1.807, 2.05) is 6.08 Å². The van der Waals surface area contributed by atoms with Crippen LogP contribution < -0.4 is 10.6 Å². The zero-order valence-electron chi connectivity index (χ0n) is 10.8. The molecule has 0 saturated heterocycles. The van der Waals surface area contributed by atoms with E-state index in [4.69, 9.17) is 0 Å². The number of allylic oxidation sites excluding steroid dienone is 3. The molecule has 5 heteroatoms. The average molecular weight is 278 g/mol. The molecule has 2 N–H and O–H groups in total. The summed E-state index contributed by atoms with van der Waals surface area (Å²) in [5, 5.41) is 6.68. The summed E-state index contributed by atoms with van der Waals surface area (Å²) in [6.07, 6.45) is 8.19. The van der Waals surface area contributed by atoms with Crippen molar-refractivity contribution in [3.05, 3.63) is 22.8 Å². The molecule has 0 aromatic carbocycles. The summed E-state index contributed by atoms with van der Waals surface area (Å²) in [5.41, 5.74) is 1.08. The summed E-state index contributed by atoms with van der Waals surface area (Å²) in [4.78, 5) is 24.1.